The molecule has 0 atom stereocenters. The first-order chi connectivity index (χ1) is 8.05. The van der Waals surface area contributed by atoms with Gasteiger partial charge in [-0.1, -0.05) is 6.92 Å². The Kier molecular flexibility index (Phi) is 4.98. The van der Waals surface area contributed by atoms with E-state index in [0.29, 0.717) is 12.1 Å². The highest BCUT2D eigenvalue weighted by atomic mass is 32.2. The Morgan fingerprint density at radius 3 is 2.53 bits per heavy atom. The Labute approximate surface area is 101 Å². The SMILES string of the molecule is CCCS(=O)(=O)c1nccc(C(OC)OC)n1. The minimum atomic E-state index is -3.42. The summed E-state index contributed by atoms with van der Waals surface area (Å²) in [5, 5.41) is -0.184. The lowest BCUT2D eigenvalue weighted by molar-refractivity contribution is -0.109. The fourth-order valence-electron chi connectivity index (χ4n) is 1.33. The third-order valence-electron chi connectivity index (χ3n) is 2.08. The van der Waals surface area contributed by atoms with Crippen LogP contribution in [0, 0.1) is 0 Å². The molecule has 0 N–H and O–H groups in total. The number of sulfone groups is 1. The summed E-state index contributed by atoms with van der Waals surface area (Å²) in [6, 6.07) is 1.56. The predicted molar refractivity (Wildman–Crippen MR) is 61.1 cm³/mol. The average molecular weight is 260 g/mol. The second kappa shape index (κ2) is 6.04. The van der Waals surface area contributed by atoms with Crippen LogP contribution in [0.15, 0.2) is 17.4 Å². The van der Waals surface area contributed by atoms with Gasteiger partial charge in [-0.2, -0.15) is 0 Å². The van der Waals surface area contributed by atoms with Crippen molar-refractivity contribution in [3.05, 3.63) is 18.0 Å². The molecule has 0 aliphatic rings. The smallest absolute Gasteiger partial charge is 0.247 e. The van der Waals surface area contributed by atoms with Crippen molar-refractivity contribution in [2.24, 2.45) is 0 Å². The zero-order valence-electron chi connectivity index (χ0n) is 10.1. The summed E-state index contributed by atoms with van der Waals surface area (Å²) in [7, 11) is -0.506. The zero-order chi connectivity index (χ0) is 12.9. The number of ether oxygens (including phenoxy) is 2. The van der Waals surface area contributed by atoms with E-state index in [4.69, 9.17) is 9.47 Å². The molecular weight excluding hydrogens is 244 g/mol. The summed E-state index contributed by atoms with van der Waals surface area (Å²) in [6.07, 6.45) is 1.22. The Morgan fingerprint density at radius 1 is 1.35 bits per heavy atom. The van der Waals surface area contributed by atoms with E-state index in [2.05, 4.69) is 9.97 Å². The van der Waals surface area contributed by atoms with Crippen LogP contribution in [0.5, 0.6) is 0 Å². The number of nitrogens with zero attached hydrogens (tertiary/aromatic N) is 2. The van der Waals surface area contributed by atoms with Crippen molar-refractivity contribution in [3.63, 3.8) is 0 Å². The van der Waals surface area contributed by atoms with E-state index in [0.717, 1.165) is 0 Å². The molecule has 1 heterocycles. The maximum Gasteiger partial charge on any atom is 0.247 e. The average Bonchev–Trinajstić information content (AvgIpc) is 2.31. The van der Waals surface area contributed by atoms with Crippen molar-refractivity contribution < 1.29 is 17.9 Å². The van der Waals surface area contributed by atoms with E-state index in [1.165, 1.54) is 20.4 Å². The Balaban J connectivity index is 3.09. The summed E-state index contributed by atoms with van der Waals surface area (Å²) in [6.45, 7) is 1.79. The van der Waals surface area contributed by atoms with Gasteiger partial charge in [0.1, 0.15) is 5.69 Å². The summed E-state index contributed by atoms with van der Waals surface area (Å²) >= 11 is 0. The molecule has 0 amide bonds. The van der Waals surface area contributed by atoms with Crippen LogP contribution in [0.1, 0.15) is 25.3 Å². The first-order valence-corrected chi connectivity index (χ1v) is 6.81. The van der Waals surface area contributed by atoms with Crippen molar-refractivity contribution in [1.82, 2.24) is 9.97 Å². The molecular formula is C10H16N2O4S. The van der Waals surface area contributed by atoms with Gasteiger partial charge in [0.05, 0.1) is 5.75 Å². The molecule has 6 nitrogen and oxygen atoms in total. The molecule has 0 bridgehead atoms. The number of methoxy groups -OCH3 is 2. The van der Waals surface area contributed by atoms with Gasteiger partial charge in [-0.3, -0.25) is 0 Å². The number of hydrogen-bond acceptors (Lipinski definition) is 6. The van der Waals surface area contributed by atoms with Gasteiger partial charge in [-0.15, -0.1) is 0 Å². The van der Waals surface area contributed by atoms with Gasteiger partial charge < -0.3 is 9.47 Å². The van der Waals surface area contributed by atoms with Gasteiger partial charge in [0, 0.05) is 20.4 Å². The van der Waals surface area contributed by atoms with E-state index >= 15 is 0 Å². The maximum absolute atomic E-state index is 11.8. The summed E-state index contributed by atoms with van der Waals surface area (Å²) in [5.74, 6) is 0.0289. The molecule has 96 valence electrons. The second-order valence-corrected chi connectivity index (χ2v) is 5.39. The van der Waals surface area contributed by atoms with Crippen LogP contribution in [0.2, 0.25) is 0 Å². The lowest BCUT2D eigenvalue weighted by Crippen LogP contribution is -2.14. The van der Waals surface area contributed by atoms with Gasteiger partial charge in [-0.25, -0.2) is 18.4 Å². The van der Waals surface area contributed by atoms with Gasteiger partial charge in [0.15, 0.2) is 0 Å². The molecule has 0 unspecified atom stereocenters. The molecule has 7 heteroatoms. The molecule has 0 aliphatic heterocycles. The van der Waals surface area contributed by atoms with Crippen molar-refractivity contribution >= 4 is 9.84 Å². The van der Waals surface area contributed by atoms with Crippen LogP contribution in [0.3, 0.4) is 0 Å². The van der Waals surface area contributed by atoms with E-state index in [1.807, 2.05) is 0 Å². The molecule has 0 saturated carbocycles. The molecule has 1 rings (SSSR count). The van der Waals surface area contributed by atoms with Gasteiger partial charge in [-0.05, 0) is 12.5 Å². The number of aromatic nitrogens is 2. The number of hydrogen-bond donors (Lipinski definition) is 0. The Hall–Kier alpha value is -1.05. The number of rotatable bonds is 6. The molecule has 0 radical (unpaired) electrons. The Bertz CT molecular complexity index is 457. The monoisotopic (exact) mass is 260 g/mol. The standard InChI is InChI=1S/C10H16N2O4S/c1-4-7-17(13,14)10-11-6-5-8(12-10)9(15-2)16-3/h5-6,9H,4,7H2,1-3H3. The quantitative estimate of drug-likeness (QED) is 0.560. The third-order valence-corrected chi connectivity index (χ3v) is 3.77. The maximum atomic E-state index is 11.8. The normalized spacial score (nSPS) is 12.0. The molecule has 0 fully saturated rings. The molecule has 0 spiro atoms. The predicted octanol–water partition coefficient (Wildman–Crippen LogP) is 0.952. The lowest BCUT2D eigenvalue weighted by Gasteiger charge is -2.12. The van der Waals surface area contributed by atoms with Crippen molar-refractivity contribution in [3.8, 4) is 0 Å². The van der Waals surface area contributed by atoms with Crippen molar-refractivity contribution in [2.45, 2.75) is 24.8 Å². The molecule has 0 aromatic carbocycles. The Morgan fingerprint density at radius 2 is 2.00 bits per heavy atom. The van der Waals surface area contributed by atoms with Crippen LogP contribution >= 0.6 is 0 Å². The van der Waals surface area contributed by atoms with Crippen LogP contribution in [0.4, 0.5) is 0 Å². The first kappa shape index (κ1) is 14.0. The molecule has 0 saturated heterocycles. The van der Waals surface area contributed by atoms with Crippen LogP contribution in [-0.2, 0) is 19.3 Å². The summed E-state index contributed by atoms with van der Waals surface area (Å²) in [4.78, 5) is 7.73. The molecule has 17 heavy (non-hydrogen) atoms. The summed E-state index contributed by atoms with van der Waals surface area (Å²) in [5.41, 5.74) is 0.389. The largest absolute Gasteiger partial charge is 0.350 e. The highest BCUT2D eigenvalue weighted by molar-refractivity contribution is 7.91. The van der Waals surface area contributed by atoms with Gasteiger partial charge in [0.2, 0.25) is 21.3 Å². The second-order valence-electron chi connectivity index (χ2n) is 3.39. The fraction of sp³-hybridized carbons (Fsp3) is 0.600. The van der Waals surface area contributed by atoms with E-state index < -0.39 is 16.1 Å². The van der Waals surface area contributed by atoms with Crippen LogP contribution in [-0.4, -0.2) is 38.4 Å². The van der Waals surface area contributed by atoms with E-state index in [9.17, 15) is 8.42 Å². The van der Waals surface area contributed by atoms with E-state index in [-0.39, 0.29) is 10.9 Å². The van der Waals surface area contributed by atoms with Crippen LogP contribution < -0.4 is 0 Å². The molecule has 1 aromatic rings. The minimum Gasteiger partial charge on any atom is -0.350 e. The topological polar surface area (TPSA) is 78.4 Å². The van der Waals surface area contributed by atoms with Crippen molar-refractivity contribution in [1.29, 1.82) is 0 Å². The van der Waals surface area contributed by atoms with Gasteiger partial charge in [0.25, 0.3) is 0 Å². The lowest BCUT2D eigenvalue weighted by atomic mass is 10.4. The fourth-order valence-corrected chi connectivity index (χ4v) is 2.52. The highest BCUT2D eigenvalue weighted by Gasteiger charge is 2.19. The minimum absolute atomic E-state index is 0.0289. The highest BCUT2D eigenvalue weighted by Crippen LogP contribution is 2.16. The molecule has 0 aliphatic carbocycles. The van der Waals surface area contributed by atoms with Crippen molar-refractivity contribution in [2.75, 3.05) is 20.0 Å². The zero-order valence-corrected chi connectivity index (χ0v) is 10.9. The van der Waals surface area contributed by atoms with Gasteiger partial charge >= 0.3 is 0 Å². The van der Waals surface area contributed by atoms with Crippen LogP contribution in [0.25, 0.3) is 0 Å². The first-order valence-electron chi connectivity index (χ1n) is 5.16. The van der Waals surface area contributed by atoms with E-state index in [1.54, 1.807) is 13.0 Å². The molecule has 1 aromatic heterocycles. The summed E-state index contributed by atoms with van der Waals surface area (Å²) < 4.78 is 33.6. The third kappa shape index (κ3) is 3.45.